The van der Waals surface area contributed by atoms with Crippen molar-refractivity contribution in [2.75, 3.05) is 0 Å². The highest BCUT2D eigenvalue weighted by Gasteiger charge is 2.14. The summed E-state index contributed by atoms with van der Waals surface area (Å²) in [5.41, 5.74) is 1.56. The normalized spacial score (nSPS) is 12.2. The average Bonchev–Trinajstić information content (AvgIpc) is 3.23. The van der Waals surface area contributed by atoms with E-state index < -0.39 is 0 Å². The molecule has 0 fully saturated rings. The number of amides is 1. The summed E-state index contributed by atoms with van der Waals surface area (Å²) in [6, 6.07) is 10.4. The Hall–Kier alpha value is -3.16. The fourth-order valence-electron chi connectivity index (χ4n) is 4.58. The summed E-state index contributed by atoms with van der Waals surface area (Å²) >= 11 is 0. The minimum Gasteiger partial charge on any atom is -0.353 e. The Morgan fingerprint density at radius 1 is 0.943 bits per heavy atom. The maximum Gasteiger partial charge on any atom is 0.332 e. The fraction of sp³-hybridized carbons (Fsp3) is 0.556. The van der Waals surface area contributed by atoms with Crippen LogP contribution in [0.25, 0.3) is 11.2 Å². The third-order valence-corrected chi connectivity index (χ3v) is 6.53. The van der Waals surface area contributed by atoms with Gasteiger partial charge in [-0.2, -0.15) is 0 Å². The second-order valence-corrected chi connectivity index (χ2v) is 9.56. The van der Waals surface area contributed by atoms with Crippen LogP contribution in [0.15, 0.2) is 46.2 Å². The van der Waals surface area contributed by atoms with Gasteiger partial charge in [0, 0.05) is 33.1 Å². The molecule has 3 aromatic rings. The summed E-state index contributed by atoms with van der Waals surface area (Å²) in [5, 5.41) is 3.10. The van der Waals surface area contributed by atoms with Gasteiger partial charge in [0.1, 0.15) is 0 Å². The van der Waals surface area contributed by atoms with Gasteiger partial charge >= 0.3 is 5.69 Å². The lowest BCUT2D eigenvalue weighted by Crippen LogP contribution is -2.39. The van der Waals surface area contributed by atoms with Crippen molar-refractivity contribution >= 4 is 17.1 Å². The quantitative estimate of drug-likeness (QED) is 0.356. The third kappa shape index (κ3) is 7.41. The summed E-state index contributed by atoms with van der Waals surface area (Å²) in [4.78, 5) is 41.5. The molecule has 1 amide bonds. The van der Waals surface area contributed by atoms with Crippen LogP contribution in [0.1, 0.15) is 70.3 Å². The van der Waals surface area contributed by atoms with E-state index >= 15 is 0 Å². The first-order valence-electron chi connectivity index (χ1n) is 12.8. The van der Waals surface area contributed by atoms with E-state index in [1.165, 1.54) is 14.7 Å². The molecule has 1 unspecified atom stereocenters. The van der Waals surface area contributed by atoms with Crippen molar-refractivity contribution in [1.29, 1.82) is 0 Å². The predicted molar refractivity (Wildman–Crippen MR) is 140 cm³/mol. The molecule has 0 spiro atoms. The maximum atomic E-state index is 12.7. The first-order valence-corrected chi connectivity index (χ1v) is 12.8. The Balaban J connectivity index is 1.25. The number of nitrogens with zero attached hydrogens (tertiary/aromatic N) is 4. The molecule has 0 aliphatic heterocycles. The first-order chi connectivity index (χ1) is 16.9. The number of benzene rings is 1. The summed E-state index contributed by atoms with van der Waals surface area (Å²) in [5.74, 6) is 0.138. The molecule has 1 aromatic carbocycles. The zero-order chi connectivity index (χ0) is 25.2. The summed E-state index contributed by atoms with van der Waals surface area (Å²) < 4.78 is 4.44. The highest BCUT2D eigenvalue weighted by Crippen LogP contribution is 2.11. The Bertz CT molecular complexity index is 1210. The lowest BCUT2D eigenvalue weighted by atomic mass is 10.1. The van der Waals surface area contributed by atoms with E-state index in [0.29, 0.717) is 24.1 Å². The molecule has 2 aromatic heterocycles. The molecule has 0 radical (unpaired) electrons. The van der Waals surface area contributed by atoms with Gasteiger partial charge in [0.15, 0.2) is 11.2 Å². The highest BCUT2D eigenvalue weighted by molar-refractivity contribution is 5.76. The van der Waals surface area contributed by atoms with E-state index in [0.717, 1.165) is 57.8 Å². The number of carbonyl (C=O) groups is 1. The van der Waals surface area contributed by atoms with E-state index in [1.54, 1.807) is 25.0 Å². The van der Waals surface area contributed by atoms with Crippen LogP contribution >= 0.6 is 0 Å². The van der Waals surface area contributed by atoms with Crippen LogP contribution in [-0.2, 0) is 31.9 Å². The number of unbranched alkanes of at least 4 members (excludes halogenated alkanes) is 7. The van der Waals surface area contributed by atoms with Gasteiger partial charge in [-0.1, -0.05) is 68.9 Å². The topological polar surface area (TPSA) is 90.9 Å². The van der Waals surface area contributed by atoms with E-state index in [9.17, 15) is 14.4 Å². The fourth-order valence-corrected chi connectivity index (χ4v) is 4.58. The SMILES string of the molecule is CC(Cc1ccccc1)NC(=O)CCCCCCCCCCn1c(=O)c2c(ncn2C)n(C)c1=O. The second-order valence-electron chi connectivity index (χ2n) is 9.56. The van der Waals surface area contributed by atoms with Crippen LogP contribution in [-0.4, -0.2) is 30.6 Å². The van der Waals surface area contributed by atoms with E-state index in [2.05, 4.69) is 29.4 Å². The molecule has 0 saturated carbocycles. The minimum atomic E-state index is -0.306. The molecule has 1 atom stereocenters. The molecular weight excluding hydrogens is 442 g/mol. The van der Waals surface area contributed by atoms with Crippen LogP contribution in [0.4, 0.5) is 0 Å². The number of hydrogen-bond acceptors (Lipinski definition) is 4. The number of rotatable bonds is 14. The molecule has 35 heavy (non-hydrogen) atoms. The van der Waals surface area contributed by atoms with Crippen LogP contribution in [0.5, 0.6) is 0 Å². The Morgan fingerprint density at radius 3 is 2.26 bits per heavy atom. The molecule has 0 bridgehead atoms. The van der Waals surface area contributed by atoms with E-state index in [4.69, 9.17) is 0 Å². The summed E-state index contributed by atoms with van der Waals surface area (Å²) in [6.45, 7) is 2.49. The molecule has 8 nitrogen and oxygen atoms in total. The van der Waals surface area contributed by atoms with Crippen molar-refractivity contribution in [3.05, 3.63) is 63.1 Å². The Kier molecular flexibility index (Phi) is 9.87. The number of imidazole rings is 1. The van der Waals surface area contributed by atoms with Gasteiger partial charge < -0.3 is 9.88 Å². The van der Waals surface area contributed by atoms with Gasteiger partial charge in [-0.05, 0) is 31.7 Å². The van der Waals surface area contributed by atoms with Crippen molar-refractivity contribution in [2.24, 2.45) is 14.1 Å². The average molecular weight is 482 g/mol. The van der Waals surface area contributed by atoms with Crippen LogP contribution in [0, 0.1) is 0 Å². The number of aryl methyl sites for hydroxylation is 2. The molecule has 8 heteroatoms. The molecule has 0 saturated heterocycles. The lowest BCUT2D eigenvalue weighted by Gasteiger charge is -2.14. The van der Waals surface area contributed by atoms with Gasteiger partial charge in [0.25, 0.3) is 5.56 Å². The largest absolute Gasteiger partial charge is 0.353 e. The molecule has 3 rings (SSSR count). The summed E-state index contributed by atoms with van der Waals surface area (Å²) in [7, 11) is 3.42. The van der Waals surface area contributed by atoms with Crippen molar-refractivity contribution in [3.8, 4) is 0 Å². The molecular formula is C27H39N5O3. The lowest BCUT2D eigenvalue weighted by molar-refractivity contribution is -0.121. The van der Waals surface area contributed by atoms with Crippen LogP contribution in [0.3, 0.4) is 0 Å². The Morgan fingerprint density at radius 2 is 1.57 bits per heavy atom. The van der Waals surface area contributed by atoms with Crippen molar-refractivity contribution in [2.45, 2.75) is 83.7 Å². The van der Waals surface area contributed by atoms with Gasteiger partial charge in [0.05, 0.1) is 6.33 Å². The van der Waals surface area contributed by atoms with Gasteiger partial charge in [-0.3, -0.25) is 18.7 Å². The standard InChI is InChI=1S/C27H39N5O3/c1-21(19-22-15-11-10-12-16-22)29-23(33)17-13-8-6-4-5-7-9-14-18-32-26(34)24-25(28-20-30(24)2)31(3)27(32)35/h10-12,15-16,20-21H,4-9,13-14,17-19H2,1-3H3,(H,29,33). The molecule has 0 aliphatic carbocycles. The Labute approximate surface area is 207 Å². The third-order valence-electron chi connectivity index (χ3n) is 6.53. The van der Waals surface area contributed by atoms with Crippen LogP contribution in [0.2, 0.25) is 0 Å². The number of nitrogens with one attached hydrogen (secondary N) is 1. The monoisotopic (exact) mass is 481 g/mol. The smallest absolute Gasteiger partial charge is 0.332 e. The van der Waals surface area contributed by atoms with Gasteiger partial charge in [-0.15, -0.1) is 0 Å². The van der Waals surface area contributed by atoms with Gasteiger partial charge in [-0.25, -0.2) is 9.78 Å². The molecule has 0 aliphatic rings. The summed E-state index contributed by atoms with van der Waals surface area (Å²) in [6.07, 6.45) is 11.3. The van der Waals surface area contributed by atoms with Crippen molar-refractivity contribution < 1.29 is 4.79 Å². The number of fused-ring (bicyclic) bond motifs is 1. The second kappa shape index (κ2) is 13.1. The van der Waals surface area contributed by atoms with Crippen molar-refractivity contribution in [1.82, 2.24) is 24.0 Å². The van der Waals surface area contributed by atoms with Gasteiger partial charge in [0.2, 0.25) is 5.91 Å². The van der Waals surface area contributed by atoms with E-state index in [1.807, 2.05) is 18.2 Å². The number of aromatic nitrogens is 4. The zero-order valence-corrected chi connectivity index (χ0v) is 21.3. The minimum absolute atomic E-state index is 0.138. The molecule has 190 valence electrons. The molecule has 2 heterocycles. The molecule has 1 N–H and O–H groups in total. The predicted octanol–water partition coefficient (Wildman–Crippen LogP) is 3.69. The van der Waals surface area contributed by atoms with Crippen LogP contribution < -0.4 is 16.6 Å². The highest BCUT2D eigenvalue weighted by atomic mass is 16.2. The van der Waals surface area contributed by atoms with Crippen molar-refractivity contribution in [3.63, 3.8) is 0 Å². The number of carbonyl (C=O) groups excluding carboxylic acids is 1. The number of hydrogen-bond donors (Lipinski definition) is 1. The first kappa shape index (κ1) is 26.4. The van der Waals surface area contributed by atoms with E-state index in [-0.39, 0.29) is 23.2 Å². The maximum absolute atomic E-state index is 12.7. The zero-order valence-electron chi connectivity index (χ0n) is 21.3.